The van der Waals surface area contributed by atoms with Crippen molar-refractivity contribution in [3.63, 3.8) is 0 Å². The van der Waals surface area contributed by atoms with E-state index in [9.17, 15) is 10.1 Å². The van der Waals surface area contributed by atoms with E-state index < -0.39 is 4.92 Å². The van der Waals surface area contributed by atoms with Gasteiger partial charge in [-0.2, -0.15) is 5.10 Å². The van der Waals surface area contributed by atoms with Crippen LogP contribution in [0, 0.1) is 10.1 Å². The van der Waals surface area contributed by atoms with E-state index in [4.69, 9.17) is 27.9 Å². The first kappa shape index (κ1) is 15.6. The molecule has 0 aliphatic heterocycles. The summed E-state index contributed by atoms with van der Waals surface area (Å²) >= 11 is 11.8. The van der Waals surface area contributed by atoms with Gasteiger partial charge in [-0.25, -0.2) is 0 Å². The predicted molar refractivity (Wildman–Crippen MR) is 80.1 cm³/mol. The third-order valence-electron chi connectivity index (χ3n) is 2.76. The van der Waals surface area contributed by atoms with Gasteiger partial charge in [-0.1, -0.05) is 23.2 Å². The summed E-state index contributed by atoms with van der Waals surface area (Å²) < 4.78 is 7.09. The number of benzene rings is 1. The lowest BCUT2D eigenvalue weighted by Crippen LogP contribution is -2.02. The first-order valence-electron chi connectivity index (χ1n) is 6.31. The van der Waals surface area contributed by atoms with Gasteiger partial charge >= 0.3 is 5.69 Å². The molecule has 112 valence electrons. The molecule has 0 saturated carbocycles. The Hall–Kier alpha value is -1.79. The number of unbranched alkanes of at least 4 members (excludes halogenated alkanes) is 1. The Labute approximate surface area is 131 Å². The van der Waals surface area contributed by atoms with Gasteiger partial charge in [0.15, 0.2) is 0 Å². The first-order valence-corrected chi connectivity index (χ1v) is 7.06. The second-order valence-corrected chi connectivity index (χ2v) is 5.19. The number of nitrogens with zero attached hydrogens (tertiary/aromatic N) is 3. The molecule has 0 fully saturated rings. The highest BCUT2D eigenvalue weighted by molar-refractivity contribution is 6.35. The van der Waals surface area contributed by atoms with Crippen LogP contribution in [0.15, 0.2) is 30.6 Å². The van der Waals surface area contributed by atoms with E-state index in [1.165, 1.54) is 12.4 Å². The van der Waals surface area contributed by atoms with Gasteiger partial charge in [-0.15, -0.1) is 0 Å². The molecule has 2 rings (SSSR count). The van der Waals surface area contributed by atoms with Crippen LogP contribution < -0.4 is 4.74 Å². The van der Waals surface area contributed by atoms with Gasteiger partial charge in [0.25, 0.3) is 0 Å². The fraction of sp³-hybridized carbons (Fsp3) is 0.308. The fourth-order valence-electron chi connectivity index (χ4n) is 1.72. The van der Waals surface area contributed by atoms with Crippen LogP contribution in [0.2, 0.25) is 10.0 Å². The minimum absolute atomic E-state index is 0.000744. The second kappa shape index (κ2) is 7.28. The zero-order valence-corrected chi connectivity index (χ0v) is 12.5. The van der Waals surface area contributed by atoms with Crippen LogP contribution in [0.1, 0.15) is 12.8 Å². The van der Waals surface area contributed by atoms with Crippen molar-refractivity contribution >= 4 is 28.9 Å². The highest BCUT2D eigenvalue weighted by Crippen LogP contribution is 2.27. The van der Waals surface area contributed by atoms with E-state index >= 15 is 0 Å². The number of nitro groups is 1. The maximum absolute atomic E-state index is 10.5. The van der Waals surface area contributed by atoms with Crippen molar-refractivity contribution in [3.05, 3.63) is 50.8 Å². The topological polar surface area (TPSA) is 70.2 Å². The highest BCUT2D eigenvalue weighted by atomic mass is 35.5. The Balaban J connectivity index is 1.71. The number of aromatic nitrogens is 2. The van der Waals surface area contributed by atoms with Gasteiger partial charge in [0.05, 0.1) is 16.6 Å². The molecule has 0 radical (unpaired) electrons. The Morgan fingerprint density at radius 2 is 2.14 bits per heavy atom. The normalized spacial score (nSPS) is 10.6. The molecule has 0 aliphatic rings. The maximum Gasteiger partial charge on any atom is 0.306 e. The summed E-state index contributed by atoms with van der Waals surface area (Å²) in [5.41, 5.74) is -0.000744. The molecule has 0 aliphatic carbocycles. The largest absolute Gasteiger partial charge is 0.492 e. The molecule has 0 saturated heterocycles. The Morgan fingerprint density at radius 1 is 1.33 bits per heavy atom. The summed E-state index contributed by atoms with van der Waals surface area (Å²) in [6.45, 7) is 1.11. The van der Waals surface area contributed by atoms with E-state index in [-0.39, 0.29) is 5.69 Å². The highest BCUT2D eigenvalue weighted by Gasteiger charge is 2.08. The van der Waals surface area contributed by atoms with E-state index in [0.29, 0.717) is 28.9 Å². The van der Waals surface area contributed by atoms with Crippen molar-refractivity contribution in [3.8, 4) is 5.75 Å². The van der Waals surface area contributed by atoms with Crippen LogP contribution in [0.5, 0.6) is 5.75 Å². The van der Waals surface area contributed by atoms with Crippen molar-refractivity contribution in [2.24, 2.45) is 0 Å². The van der Waals surface area contributed by atoms with Crippen molar-refractivity contribution in [2.45, 2.75) is 19.4 Å². The van der Waals surface area contributed by atoms with Crippen molar-refractivity contribution < 1.29 is 9.66 Å². The summed E-state index contributed by atoms with van der Waals surface area (Å²) in [4.78, 5) is 10.1. The molecule has 0 atom stereocenters. The molecule has 0 N–H and O–H groups in total. The minimum Gasteiger partial charge on any atom is -0.492 e. The third-order valence-corrected chi connectivity index (χ3v) is 3.29. The maximum atomic E-state index is 10.5. The number of halogens is 2. The van der Waals surface area contributed by atoms with Crippen molar-refractivity contribution in [2.75, 3.05) is 6.61 Å². The van der Waals surface area contributed by atoms with Gasteiger partial charge < -0.3 is 4.74 Å². The van der Waals surface area contributed by atoms with Crippen LogP contribution >= 0.6 is 23.2 Å². The average molecular weight is 330 g/mol. The number of rotatable bonds is 7. The van der Waals surface area contributed by atoms with Gasteiger partial charge in [-0.05, 0) is 31.0 Å². The number of hydrogen-bond acceptors (Lipinski definition) is 4. The van der Waals surface area contributed by atoms with Gasteiger partial charge in [-0.3, -0.25) is 14.8 Å². The molecular formula is C13H13Cl2N3O3. The summed E-state index contributed by atoms with van der Waals surface area (Å²) in [5.74, 6) is 0.593. The lowest BCUT2D eigenvalue weighted by molar-refractivity contribution is -0.385. The Bertz CT molecular complexity index is 631. The molecule has 0 spiro atoms. The van der Waals surface area contributed by atoms with Gasteiger partial charge in [0.2, 0.25) is 0 Å². The second-order valence-electron chi connectivity index (χ2n) is 4.35. The number of aryl methyl sites for hydroxylation is 1. The van der Waals surface area contributed by atoms with Crippen LogP contribution in [-0.4, -0.2) is 21.3 Å². The van der Waals surface area contributed by atoms with E-state index in [1.807, 2.05) is 0 Å². The van der Waals surface area contributed by atoms with Crippen LogP contribution in [-0.2, 0) is 6.54 Å². The molecule has 6 nitrogen and oxygen atoms in total. The third kappa shape index (κ3) is 4.61. The fourth-order valence-corrected chi connectivity index (χ4v) is 2.18. The molecule has 0 amide bonds. The van der Waals surface area contributed by atoms with Crippen LogP contribution in [0.25, 0.3) is 0 Å². The molecule has 0 unspecified atom stereocenters. The Morgan fingerprint density at radius 3 is 2.81 bits per heavy atom. The van der Waals surface area contributed by atoms with E-state index in [2.05, 4.69) is 5.10 Å². The quantitative estimate of drug-likeness (QED) is 0.438. The van der Waals surface area contributed by atoms with Crippen molar-refractivity contribution in [1.82, 2.24) is 9.78 Å². The zero-order valence-electron chi connectivity index (χ0n) is 11.0. The van der Waals surface area contributed by atoms with E-state index in [1.54, 1.807) is 22.9 Å². The van der Waals surface area contributed by atoms with Crippen molar-refractivity contribution in [1.29, 1.82) is 0 Å². The number of hydrogen-bond donors (Lipinski definition) is 0. The van der Waals surface area contributed by atoms with Gasteiger partial charge in [0.1, 0.15) is 18.1 Å². The summed E-state index contributed by atoms with van der Waals surface area (Å²) in [7, 11) is 0. The van der Waals surface area contributed by atoms with Gasteiger partial charge in [0, 0.05) is 11.6 Å². The summed E-state index contributed by atoms with van der Waals surface area (Å²) in [5, 5.41) is 15.5. The monoisotopic (exact) mass is 329 g/mol. The van der Waals surface area contributed by atoms with Crippen LogP contribution in [0.4, 0.5) is 5.69 Å². The smallest absolute Gasteiger partial charge is 0.306 e. The van der Waals surface area contributed by atoms with E-state index in [0.717, 1.165) is 12.8 Å². The molecular weight excluding hydrogens is 317 g/mol. The Kier molecular flexibility index (Phi) is 5.41. The molecule has 1 aromatic carbocycles. The molecule has 0 bridgehead atoms. The molecule has 8 heteroatoms. The standard InChI is InChI=1S/C13H13Cl2N3O3/c14-10-3-4-13(12(15)7-10)21-6-2-1-5-17-9-11(8-16-17)18(19)20/h3-4,7-9H,1-2,5-6H2. The molecule has 21 heavy (non-hydrogen) atoms. The predicted octanol–water partition coefficient (Wildman–Crippen LogP) is 3.96. The lowest BCUT2D eigenvalue weighted by atomic mass is 10.3. The number of ether oxygens (including phenoxy) is 1. The zero-order chi connectivity index (χ0) is 15.2. The molecule has 1 aromatic heterocycles. The first-order chi connectivity index (χ1) is 10.1. The molecule has 2 aromatic rings. The average Bonchev–Trinajstić information content (AvgIpc) is 2.89. The summed E-state index contributed by atoms with van der Waals surface area (Å²) in [6, 6.07) is 5.06. The lowest BCUT2D eigenvalue weighted by Gasteiger charge is -2.08. The summed E-state index contributed by atoms with van der Waals surface area (Å²) in [6.07, 6.45) is 4.23. The molecule has 1 heterocycles. The van der Waals surface area contributed by atoms with Crippen LogP contribution in [0.3, 0.4) is 0 Å². The SMILES string of the molecule is O=[N+]([O-])c1cnn(CCCCOc2ccc(Cl)cc2Cl)c1. The minimum atomic E-state index is -0.463.